The normalized spacial score (nSPS) is 21.4. The van der Waals surface area contributed by atoms with Crippen molar-refractivity contribution in [3.05, 3.63) is 24.3 Å². The number of hydrogen-bond donors (Lipinski definition) is 1. The number of hydrogen-bond acceptors (Lipinski definition) is 5. The molecule has 1 unspecified atom stereocenters. The zero-order chi connectivity index (χ0) is 19.4. The van der Waals surface area contributed by atoms with Crippen LogP contribution in [0.1, 0.15) is 26.2 Å². The van der Waals surface area contributed by atoms with Gasteiger partial charge in [0, 0.05) is 6.54 Å². The molecule has 1 saturated heterocycles. The smallest absolute Gasteiger partial charge is 0.263 e. The van der Waals surface area contributed by atoms with Crippen molar-refractivity contribution in [3.8, 4) is 5.75 Å². The lowest BCUT2D eigenvalue weighted by molar-refractivity contribution is -0.127. The highest BCUT2D eigenvalue weighted by Crippen LogP contribution is 2.35. The fourth-order valence-corrected chi connectivity index (χ4v) is 4.75. The topological polar surface area (TPSA) is 79.0 Å². The van der Waals surface area contributed by atoms with Crippen LogP contribution in [-0.4, -0.2) is 64.3 Å². The van der Waals surface area contributed by atoms with E-state index in [9.17, 15) is 13.2 Å². The van der Waals surface area contributed by atoms with Crippen LogP contribution >= 0.6 is 0 Å². The van der Waals surface area contributed by atoms with E-state index in [2.05, 4.69) is 17.3 Å². The molecule has 0 radical (unpaired) electrons. The van der Waals surface area contributed by atoms with Crippen LogP contribution in [0.2, 0.25) is 0 Å². The number of carbonyl (C=O) groups is 1. The van der Waals surface area contributed by atoms with Crippen LogP contribution in [0.5, 0.6) is 5.75 Å². The molecule has 0 saturated carbocycles. The number of sulfonamides is 1. The zero-order valence-electron chi connectivity index (χ0n) is 16.1. The summed E-state index contributed by atoms with van der Waals surface area (Å²) in [5, 5.41) is 2.93. The number of amides is 1. The Morgan fingerprint density at radius 3 is 2.67 bits per heavy atom. The maximum atomic E-state index is 12.6. The van der Waals surface area contributed by atoms with E-state index < -0.39 is 16.1 Å². The molecular formula is C19H29N3O4S. The summed E-state index contributed by atoms with van der Waals surface area (Å²) in [5.74, 6) is 0.780. The van der Waals surface area contributed by atoms with Gasteiger partial charge in [0.15, 0.2) is 6.10 Å². The first kappa shape index (κ1) is 19.9. The number of carbonyl (C=O) groups excluding carboxylic acids is 1. The van der Waals surface area contributed by atoms with Crippen LogP contribution in [0.15, 0.2) is 24.3 Å². The quantitative estimate of drug-likeness (QED) is 0.789. The molecule has 1 aromatic carbocycles. The van der Waals surface area contributed by atoms with Crippen LogP contribution < -0.4 is 14.4 Å². The third-order valence-electron chi connectivity index (χ3n) is 5.42. The van der Waals surface area contributed by atoms with Gasteiger partial charge in [-0.2, -0.15) is 0 Å². The lowest BCUT2D eigenvalue weighted by Gasteiger charge is -2.34. The number of para-hydroxylation sites is 2. The summed E-state index contributed by atoms with van der Waals surface area (Å²) >= 11 is 0. The van der Waals surface area contributed by atoms with Crippen LogP contribution in [0.4, 0.5) is 5.69 Å². The summed E-state index contributed by atoms with van der Waals surface area (Å²) < 4.78 is 32.0. The van der Waals surface area contributed by atoms with E-state index in [4.69, 9.17) is 4.74 Å². The zero-order valence-corrected chi connectivity index (χ0v) is 16.9. The molecule has 0 aliphatic carbocycles. The number of nitrogens with one attached hydrogen (secondary N) is 1. The minimum Gasteiger partial charge on any atom is -0.476 e. The fourth-order valence-electron chi connectivity index (χ4n) is 3.62. The van der Waals surface area contributed by atoms with Crippen molar-refractivity contribution in [3.63, 3.8) is 0 Å². The average Bonchev–Trinajstić information content (AvgIpc) is 2.68. The van der Waals surface area contributed by atoms with Gasteiger partial charge < -0.3 is 15.0 Å². The Hall–Kier alpha value is -1.80. The van der Waals surface area contributed by atoms with Gasteiger partial charge in [-0.15, -0.1) is 0 Å². The first-order valence-corrected chi connectivity index (χ1v) is 11.2. The molecule has 2 heterocycles. The molecule has 1 atom stereocenters. The molecule has 0 bridgehead atoms. The van der Waals surface area contributed by atoms with Crippen LogP contribution in [0.25, 0.3) is 0 Å². The monoisotopic (exact) mass is 395 g/mol. The van der Waals surface area contributed by atoms with Crippen LogP contribution in [-0.2, 0) is 14.8 Å². The van der Waals surface area contributed by atoms with E-state index in [0.717, 1.165) is 32.4 Å². The third-order valence-corrected chi connectivity index (χ3v) is 7.16. The number of benzene rings is 1. The van der Waals surface area contributed by atoms with Crippen LogP contribution in [0, 0.1) is 5.92 Å². The van der Waals surface area contributed by atoms with Crippen molar-refractivity contribution in [2.45, 2.75) is 32.3 Å². The van der Waals surface area contributed by atoms with Gasteiger partial charge in [0.1, 0.15) is 5.75 Å². The predicted octanol–water partition coefficient (Wildman–Crippen LogP) is 1.45. The van der Waals surface area contributed by atoms with Crippen molar-refractivity contribution in [1.29, 1.82) is 0 Å². The van der Waals surface area contributed by atoms with Gasteiger partial charge in [0.05, 0.1) is 18.0 Å². The van der Waals surface area contributed by atoms with Gasteiger partial charge in [-0.25, -0.2) is 8.42 Å². The van der Waals surface area contributed by atoms with Gasteiger partial charge in [-0.1, -0.05) is 12.1 Å². The fraction of sp³-hybridized carbons (Fsp3) is 0.632. The van der Waals surface area contributed by atoms with E-state index in [1.54, 1.807) is 31.2 Å². The number of anilines is 1. The Morgan fingerprint density at radius 2 is 1.96 bits per heavy atom. The predicted molar refractivity (Wildman–Crippen MR) is 106 cm³/mol. The van der Waals surface area contributed by atoms with Crippen molar-refractivity contribution in [1.82, 2.24) is 10.2 Å². The molecule has 2 aliphatic rings. The molecule has 1 N–H and O–H groups in total. The second-order valence-electron chi connectivity index (χ2n) is 7.33. The van der Waals surface area contributed by atoms with Crippen molar-refractivity contribution in [2.75, 3.05) is 43.3 Å². The SMILES string of the molecule is CCS(=O)(=O)N1CC(C(=O)NCCC2CCN(C)CC2)Oc2ccccc21. The highest BCUT2D eigenvalue weighted by atomic mass is 32.2. The maximum absolute atomic E-state index is 12.6. The lowest BCUT2D eigenvalue weighted by Crippen LogP contribution is -2.51. The Morgan fingerprint density at radius 1 is 1.26 bits per heavy atom. The summed E-state index contributed by atoms with van der Waals surface area (Å²) in [6.07, 6.45) is 2.42. The largest absolute Gasteiger partial charge is 0.476 e. The average molecular weight is 396 g/mol. The number of ether oxygens (including phenoxy) is 1. The van der Waals surface area contributed by atoms with E-state index in [0.29, 0.717) is 23.9 Å². The molecule has 0 aromatic heterocycles. The first-order valence-electron chi connectivity index (χ1n) is 9.63. The van der Waals surface area contributed by atoms with Crippen LogP contribution in [0.3, 0.4) is 0 Å². The van der Waals surface area contributed by atoms with Gasteiger partial charge in [-0.3, -0.25) is 9.10 Å². The highest BCUT2D eigenvalue weighted by molar-refractivity contribution is 7.92. The molecule has 1 fully saturated rings. The van der Waals surface area contributed by atoms with Gasteiger partial charge in [0.25, 0.3) is 5.91 Å². The number of piperidine rings is 1. The van der Waals surface area contributed by atoms with Gasteiger partial charge >= 0.3 is 0 Å². The maximum Gasteiger partial charge on any atom is 0.263 e. The summed E-state index contributed by atoms with van der Waals surface area (Å²) in [7, 11) is -1.34. The molecule has 2 aliphatic heterocycles. The van der Waals surface area contributed by atoms with Gasteiger partial charge in [-0.05, 0) is 64.4 Å². The van der Waals surface area contributed by atoms with Crippen molar-refractivity contribution >= 4 is 21.6 Å². The van der Waals surface area contributed by atoms with Crippen molar-refractivity contribution in [2.24, 2.45) is 5.92 Å². The van der Waals surface area contributed by atoms with E-state index in [-0.39, 0.29) is 18.2 Å². The standard InChI is InChI=1S/C19H29N3O4S/c1-3-27(24,25)22-14-18(26-17-7-5-4-6-16(17)22)19(23)20-11-8-15-9-12-21(2)13-10-15/h4-7,15,18H,3,8-14H2,1-2H3,(H,20,23). The molecule has 8 heteroatoms. The second kappa shape index (κ2) is 8.48. The first-order chi connectivity index (χ1) is 12.9. The number of rotatable bonds is 6. The lowest BCUT2D eigenvalue weighted by atomic mass is 9.94. The molecule has 1 amide bonds. The molecule has 150 valence electrons. The summed E-state index contributed by atoms with van der Waals surface area (Å²) in [5.41, 5.74) is 0.495. The van der Waals surface area contributed by atoms with E-state index in [1.165, 1.54) is 4.31 Å². The Balaban J connectivity index is 1.60. The molecule has 3 rings (SSSR count). The number of likely N-dealkylation sites (tertiary alicyclic amines) is 1. The molecule has 7 nitrogen and oxygen atoms in total. The second-order valence-corrected chi connectivity index (χ2v) is 9.51. The van der Waals surface area contributed by atoms with E-state index >= 15 is 0 Å². The highest BCUT2D eigenvalue weighted by Gasteiger charge is 2.35. The van der Waals surface area contributed by atoms with E-state index in [1.807, 2.05) is 0 Å². The molecule has 27 heavy (non-hydrogen) atoms. The molecule has 0 spiro atoms. The molecule has 1 aromatic rings. The summed E-state index contributed by atoms with van der Waals surface area (Å²) in [6.45, 7) is 4.41. The number of fused-ring (bicyclic) bond motifs is 1. The Bertz CT molecular complexity index is 760. The Kier molecular flexibility index (Phi) is 6.26. The minimum absolute atomic E-state index is 0.00719. The van der Waals surface area contributed by atoms with Gasteiger partial charge in [0.2, 0.25) is 10.0 Å². The number of nitrogens with zero attached hydrogens (tertiary/aromatic N) is 2. The Labute approximate surface area is 161 Å². The van der Waals surface area contributed by atoms with Crippen molar-refractivity contribution < 1.29 is 17.9 Å². The summed E-state index contributed by atoms with van der Waals surface area (Å²) in [4.78, 5) is 14.9. The third kappa shape index (κ3) is 4.73. The minimum atomic E-state index is -3.48. The molecular weight excluding hydrogens is 366 g/mol. The summed E-state index contributed by atoms with van der Waals surface area (Å²) in [6, 6.07) is 6.95.